The molecule has 0 aliphatic heterocycles. The highest BCUT2D eigenvalue weighted by Crippen LogP contribution is 2.43. The summed E-state index contributed by atoms with van der Waals surface area (Å²) in [5, 5.41) is 0. The highest BCUT2D eigenvalue weighted by atomic mass is 16.2. The first-order valence-corrected chi connectivity index (χ1v) is 7.90. The maximum atomic E-state index is 12.9. The van der Waals surface area contributed by atoms with Crippen LogP contribution in [0.1, 0.15) is 55.4 Å². The van der Waals surface area contributed by atoms with Gasteiger partial charge in [0.25, 0.3) is 0 Å². The van der Waals surface area contributed by atoms with Crippen LogP contribution in [0.5, 0.6) is 0 Å². The molecule has 0 aromatic heterocycles. The fourth-order valence-corrected chi connectivity index (χ4v) is 2.81. The second-order valence-electron chi connectivity index (χ2n) is 8.83. The van der Waals surface area contributed by atoms with Gasteiger partial charge < -0.3 is 4.90 Å². The zero-order valence-corrected chi connectivity index (χ0v) is 15.6. The number of Topliss-reactive ketones (excluding diaryl/α,β-unsaturated/α-hetero) is 1. The van der Waals surface area contributed by atoms with E-state index in [0.29, 0.717) is 6.54 Å². The van der Waals surface area contributed by atoms with E-state index in [2.05, 4.69) is 60.6 Å². The molecule has 1 rings (SSSR count). The van der Waals surface area contributed by atoms with E-state index in [0.717, 1.165) is 11.1 Å². The van der Waals surface area contributed by atoms with Gasteiger partial charge in [-0.15, -0.1) is 0 Å². The third-order valence-electron chi connectivity index (χ3n) is 4.17. The maximum absolute atomic E-state index is 12.9. The van der Waals surface area contributed by atoms with E-state index < -0.39 is 0 Å². The molecular weight excluding hydrogens is 274 g/mol. The summed E-state index contributed by atoms with van der Waals surface area (Å²) < 4.78 is 0. The lowest BCUT2D eigenvalue weighted by Gasteiger charge is -2.39. The fraction of sp³-hybridized carbons (Fsp3) is 0.684. The minimum atomic E-state index is -0.320. The Kier molecular flexibility index (Phi) is 4.82. The van der Waals surface area contributed by atoms with Crippen molar-refractivity contribution in [2.45, 2.75) is 55.4 Å². The van der Waals surface area contributed by atoms with Crippen molar-refractivity contribution >= 4 is 11.7 Å². The van der Waals surface area contributed by atoms with Gasteiger partial charge in [0, 0.05) is 37.1 Å². The minimum Gasteiger partial charge on any atom is -0.345 e. The summed E-state index contributed by atoms with van der Waals surface area (Å²) >= 11 is 0. The number of allylic oxidation sites excluding steroid dienone is 2. The number of hydrogen-bond donors (Lipinski definition) is 0. The number of carbonyl (C=O) groups is 2. The monoisotopic (exact) mass is 305 g/mol. The van der Waals surface area contributed by atoms with E-state index in [9.17, 15) is 9.59 Å². The Morgan fingerprint density at radius 3 is 1.68 bits per heavy atom. The fourth-order valence-electron chi connectivity index (χ4n) is 2.81. The molecule has 0 saturated carbocycles. The predicted octanol–water partition coefficient (Wildman–Crippen LogP) is 4.00. The molecule has 22 heavy (non-hydrogen) atoms. The molecule has 0 saturated heterocycles. The lowest BCUT2D eigenvalue weighted by molar-refractivity contribution is -0.128. The van der Waals surface area contributed by atoms with Crippen LogP contribution in [0.4, 0.5) is 0 Å². The van der Waals surface area contributed by atoms with E-state index in [1.54, 1.807) is 18.9 Å². The van der Waals surface area contributed by atoms with Crippen molar-refractivity contribution in [1.82, 2.24) is 4.90 Å². The molecule has 0 N–H and O–H groups in total. The first-order valence-electron chi connectivity index (χ1n) is 7.90. The van der Waals surface area contributed by atoms with Gasteiger partial charge in [-0.3, -0.25) is 9.59 Å². The molecule has 0 spiro atoms. The normalized spacial score (nSPS) is 18.7. The number of ketones is 1. The zero-order chi connectivity index (χ0) is 17.5. The Morgan fingerprint density at radius 1 is 1.05 bits per heavy atom. The van der Waals surface area contributed by atoms with E-state index in [-0.39, 0.29) is 27.9 Å². The summed E-state index contributed by atoms with van der Waals surface area (Å²) in [4.78, 5) is 26.2. The summed E-state index contributed by atoms with van der Waals surface area (Å²) in [5.41, 5.74) is 0.953. The van der Waals surface area contributed by atoms with Crippen LogP contribution in [0.3, 0.4) is 0 Å². The summed E-state index contributed by atoms with van der Waals surface area (Å²) in [6, 6.07) is 0. The Bertz CT molecular complexity index is 505. The molecule has 3 nitrogen and oxygen atoms in total. The van der Waals surface area contributed by atoms with E-state index >= 15 is 0 Å². The van der Waals surface area contributed by atoms with Crippen LogP contribution in [-0.4, -0.2) is 30.2 Å². The molecule has 1 aliphatic carbocycles. The summed E-state index contributed by atoms with van der Waals surface area (Å²) in [7, 11) is 1.80. The van der Waals surface area contributed by atoms with E-state index in [1.807, 2.05) is 0 Å². The molecule has 0 fully saturated rings. The van der Waals surface area contributed by atoms with Gasteiger partial charge in [0.1, 0.15) is 0 Å². The van der Waals surface area contributed by atoms with Crippen LogP contribution in [0, 0.1) is 16.2 Å². The molecular formula is C19H31NO2. The Morgan fingerprint density at radius 2 is 1.41 bits per heavy atom. The van der Waals surface area contributed by atoms with Crippen molar-refractivity contribution in [3.63, 3.8) is 0 Å². The number of hydrogen-bond acceptors (Lipinski definition) is 2. The first kappa shape index (κ1) is 18.7. The second-order valence-corrected chi connectivity index (χ2v) is 8.83. The molecule has 1 aliphatic rings. The molecule has 3 heteroatoms. The largest absolute Gasteiger partial charge is 0.345 e. The summed E-state index contributed by atoms with van der Waals surface area (Å²) in [5.74, 6) is 0.178. The van der Waals surface area contributed by atoms with Crippen LogP contribution in [-0.2, 0) is 9.59 Å². The molecule has 1 amide bonds. The van der Waals surface area contributed by atoms with Crippen molar-refractivity contribution in [2.24, 2.45) is 16.2 Å². The molecule has 0 radical (unpaired) electrons. The summed E-state index contributed by atoms with van der Waals surface area (Å²) in [6.45, 7) is 16.6. The Labute approximate surface area is 135 Å². The third kappa shape index (κ3) is 4.08. The van der Waals surface area contributed by atoms with Gasteiger partial charge >= 0.3 is 0 Å². The van der Waals surface area contributed by atoms with Gasteiger partial charge in [-0.1, -0.05) is 60.6 Å². The standard InChI is InChI=1S/C19H31NO2/c1-13(21)20(9)12-19(8)10-14(17(2,3)4)16(22)15(11-19)18(5,6)7/h10-11H,12H2,1-9H3. The van der Waals surface area contributed by atoms with Gasteiger partial charge in [0.05, 0.1) is 0 Å². The Hall–Kier alpha value is -1.38. The van der Waals surface area contributed by atoms with E-state index in [4.69, 9.17) is 0 Å². The van der Waals surface area contributed by atoms with Crippen molar-refractivity contribution < 1.29 is 9.59 Å². The van der Waals surface area contributed by atoms with Gasteiger partial charge in [-0.05, 0) is 10.8 Å². The molecule has 0 aromatic carbocycles. The van der Waals surface area contributed by atoms with Crippen LogP contribution in [0.2, 0.25) is 0 Å². The highest BCUT2D eigenvalue weighted by Gasteiger charge is 2.39. The summed E-state index contributed by atoms with van der Waals surface area (Å²) in [6.07, 6.45) is 4.12. The van der Waals surface area contributed by atoms with Crippen LogP contribution in [0.15, 0.2) is 23.3 Å². The Balaban J connectivity index is 3.41. The lowest BCUT2D eigenvalue weighted by Crippen LogP contribution is -2.39. The second kappa shape index (κ2) is 5.68. The lowest BCUT2D eigenvalue weighted by atomic mass is 9.67. The number of amides is 1. The number of rotatable bonds is 2. The van der Waals surface area contributed by atoms with Gasteiger partial charge in [0.15, 0.2) is 5.78 Å². The van der Waals surface area contributed by atoms with Crippen LogP contribution >= 0.6 is 0 Å². The SMILES string of the molecule is CC(=O)N(C)CC1(C)C=C(C(C)(C)C)C(=O)C(C(C)(C)C)=C1. The van der Waals surface area contributed by atoms with Crippen LogP contribution < -0.4 is 0 Å². The number of carbonyl (C=O) groups excluding carboxylic acids is 2. The minimum absolute atomic E-state index is 0.0366. The zero-order valence-electron chi connectivity index (χ0n) is 15.6. The van der Waals surface area contributed by atoms with Crippen molar-refractivity contribution in [3.05, 3.63) is 23.3 Å². The van der Waals surface area contributed by atoms with Crippen LogP contribution in [0.25, 0.3) is 0 Å². The quantitative estimate of drug-likeness (QED) is 0.773. The molecule has 0 heterocycles. The molecule has 0 bridgehead atoms. The topological polar surface area (TPSA) is 37.4 Å². The molecule has 124 valence electrons. The first-order chi connectivity index (χ1) is 9.67. The number of nitrogens with zero attached hydrogens (tertiary/aromatic N) is 1. The molecule has 0 unspecified atom stereocenters. The van der Waals surface area contributed by atoms with Gasteiger partial charge in [-0.2, -0.15) is 0 Å². The van der Waals surface area contributed by atoms with Gasteiger partial charge in [0.2, 0.25) is 5.91 Å². The van der Waals surface area contributed by atoms with E-state index in [1.165, 1.54) is 0 Å². The smallest absolute Gasteiger partial charge is 0.219 e. The molecule has 0 atom stereocenters. The third-order valence-corrected chi connectivity index (χ3v) is 4.17. The van der Waals surface area contributed by atoms with Crippen molar-refractivity contribution in [3.8, 4) is 0 Å². The van der Waals surface area contributed by atoms with Crippen molar-refractivity contribution in [2.75, 3.05) is 13.6 Å². The van der Waals surface area contributed by atoms with Crippen molar-refractivity contribution in [1.29, 1.82) is 0 Å². The highest BCUT2D eigenvalue weighted by molar-refractivity contribution is 6.10. The molecule has 0 aromatic rings. The average molecular weight is 305 g/mol. The average Bonchev–Trinajstić information content (AvgIpc) is 2.29. The maximum Gasteiger partial charge on any atom is 0.219 e. The van der Waals surface area contributed by atoms with Gasteiger partial charge in [-0.25, -0.2) is 0 Å². The predicted molar refractivity (Wildman–Crippen MR) is 91.5 cm³/mol.